The maximum atomic E-state index is 12.9. The molecule has 1 saturated heterocycles. The molecule has 202 valence electrons. The SMILES string of the molecule is Cc1ccc(C)c(N(Cc2ccc(C(=O)N[C@H](C)c3ccc(N4CCC[C@H](C)C4)cc3)cc2)S(C)(=O)=O)c1. The molecule has 1 N–H and O–H groups in total. The summed E-state index contributed by atoms with van der Waals surface area (Å²) in [5.74, 6) is 0.557. The molecule has 0 unspecified atom stereocenters. The Bertz CT molecular complexity index is 1370. The van der Waals surface area contributed by atoms with E-state index in [4.69, 9.17) is 0 Å². The summed E-state index contributed by atoms with van der Waals surface area (Å²) in [6, 6.07) is 21.3. The molecule has 1 fully saturated rings. The van der Waals surface area contributed by atoms with Crippen LogP contribution in [0.15, 0.2) is 66.7 Å². The molecule has 4 rings (SSSR count). The van der Waals surface area contributed by atoms with Gasteiger partial charge in [0.1, 0.15) is 0 Å². The van der Waals surface area contributed by atoms with E-state index < -0.39 is 10.0 Å². The largest absolute Gasteiger partial charge is 0.371 e. The van der Waals surface area contributed by atoms with Crippen molar-refractivity contribution in [2.24, 2.45) is 5.92 Å². The first-order valence-corrected chi connectivity index (χ1v) is 15.2. The van der Waals surface area contributed by atoms with Crippen LogP contribution >= 0.6 is 0 Å². The van der Waals surface area contributed by atoms with Crippen molar-refractivity contribution in [2.45, 2.75) is 53.1 Å². The molecule has 0 aromatic heterocycles. The number of nitrogens with one attached hydrogen (secondary N) is 1. The average molecular weight is 534 g/mol. The first kappa shape index (κ1) is 27.7. The molecule has 3 aromatic rings. The van der Waals surface area contributed by atoms with E-state index in [-0.39, 0.29) is 18.5 Å². The molecule has 6 nitrogen and oxygen atoms in total. The Balaban J connectivity index is 1.41. The summed E-state index contributed by atoms with van der Waals surface area (Å²) < 4.78 is 26.6. The Morgan fingerprint density at radius 1 is 1.05 bits per heavy atom. The fourth-order valence-corrected chi connectivity index (χ4v) is 6.00. The monoisotopic (exact) mass is 533 g/mol. The first-order chi connectivity index (χ1) is 18.0. The zero-order valence-electron chi connectivity index (χ0n) is 23.1. The summed E-state index contributed by atoms with van der Waals surface area (Å²) in [7, 11) is -3.49. The first-order valence-electron chi connectivity index (χ1n) is 13.3. The fourth-order valence-electron chi connectivity index (χ4n) is 5.06. The van der Waals surface area contributed by atoms with Crippen molar-refractivity contribution in [3.05, 3.63) is 94.5 Å². The number of anilines is 2. The van der Waals surface area contributed by atoms with E-state index >= 15 is 0 Å². The van der Waals surface area contributed by atoms with Crippen LogP contribution in [-0.4, -0.2) is 33.7 Å². The van der Waals surface area contributed by atoms with Crippen LogP contribution in [-0.2, 0) is 16.6 Å². The number of carbonyl (C=O) groups is 1. The predicted octanol–water partition coefficient (Wildman–Crippen LogP) is 6.00. The summed E-state index contributed by atoms with van der Waals surface area (Å²) in [5.41, 5.74) is 6.20. The lowest BCUT2D eigenvalue weighted by Gasteiger charge is -2.33. The fraction of sp³-hybridized carbons (Fsp3) is 0.387. The molecule has 3 aromatic carbocycles. The number of aryl methyl sites for hydroxylation is 2. The van der Waals surface area contributed by atoms with Gasteiger partial charge in [0.2, 0.25) is 10.0 Å². The molecule has 0 bridgehead atoms. The third-order valence-corrected chi connectivity index (χ3v) is 8.47. The van der Waals surface area contributed by atoms with Crippen molar-refractivity contribution in [1.82, 2.24) is 5.32 Å². The Morgan fingerprint density at radius 2 is 1.74 bits per heavy atom. The highest BCUT2D eigenvalue weighted by atomic mass is 32.2. The van der Waals surface area contributed by atoms with Gasteiger partial charge in [-0.25, -0.2) is 8.42 Å². The summed E-state index contributed by atoms with van der Waals surface area (Å²) in [4.78, 5) is 15.4. The minimum atomic E-state index is -3.49. The molecule has 1 amide bonds. The van der Waals surface area contributed by atoms with Gasteiger partial charge in [-0.1, -0.05) is 43.3 Å². The van der Waals surface area contributed by atoms with Crippen LogP contribution in [0.4, 0.5) is 11.4 Å². The zero-order valence-corrected chi connectivity index (χ0v) is 23.9. The van der Waals surface area contributed by atoms with Crippen LogP contribution in [0.5, 0.6) is 0 Å². The van der Waals surface area contributed by atoms with Crippen LogP contribution < -0.4 is 14.5 Å². The van der Waals surface area contributed by atoms with Gasteiger partial charge in [-0.2, -0.15) is 0 Å². The molecular weight excluding hydrogens is 494 g/mol. The minimum Gasteiger partial charge on any atom is -0.371 e. The molecule has 0 aliphatic carbocycles. The standard InChI is InChI=1S/C31H39N3O3S/c1-22-8-9-24(3)30(19-22)34(38(5,36)37)21-26-10-12-28(13-11-26)31(35)32-25(4)27-14-16-29(17-15-27)33-18-6-7-23(2)20-33/h8-17,19,23,25H,6-7,18,20-21H2,1-5H3,(H,32,35)/t23-,25+/m0/s1. The Hall–Kier alpha value is -3.32. The van der Waals surface area contributed by atoms with Crippen LogP contribution in [0.3, 0.4) is 0 Å². The van der Waals surface area contributed by atoms with E-state index in [0.717, 1.165) is 35.3 Å². The minimum absolute atomic E-state index is 0.137. The number of carbonyl (C=O) groups excluding carboxylic acids is 1. The van der Waals surface area contributed by atoms with Crippen LogP contribution in [0.2, 0.25) is 0 Å². The number of benzene rings is 3. The summed E-state index contributed by atoms with van der Waals surface area (Å²) in [5, 5.41) is 3.08. The number of sulfonamides is 1. The number of amides is 1. The zero-order chi connectivity index (χ0) is 27.4. The molecule has 0 saturated carbocycles. The van der Waals surface area contributed by atoms with Crippen LogP contribution in [0, 0.1) is 19.8 Å². The van der Waals surface area contributed by atoms with Gasteiger partial charge in [0.25, 0.3) is 5.91 Å². The van der Waals surface area contributed by atoms with Gasteiger partial charge in [-0.15, -0.1) is 0 Å². The third kappa shape index (κ3) is 6.76. The maximum absolute atomic E-state index is 12.9. The van der Waals surface area contributed by atoms with Gasteiger partial charge in [0, 0.05) is 24.3 Å². The molecule has 38 heavy (non-hydrogen) atoms. The van der Waals surface area contributed by atoms with Crippen LogP contribution in [0.25, 0.3) is 0 Å². The lowest BCUT2D eigenvalue weighted by atomic mass is 9.99. The van der Waals surface area contributed by atoms with E-state index in [2.05, 4.69) is 41.4 Å². The molecule has 1 aliphatic heterocycles. The molecule has 0 radical (unpaired) electrons. The van der Waals surface area contributed by atoms with Crippen LogP contribution in [0.1, 0.15) is 65.3 Å². The highest BCUT2D eigenvalue weighted by Crippen LogP contribution is 2.27. The Labute approximate surface area is 227 Å². The maximum Gasteiger partial charge on any atom is 0.251 e. The van der Waals surface area contributed by atoms with Crippen molar-refractivity contribution in [3.63, 3.8) is 0 Å². The van der Waals surface area contributed by atoms with Crippen molar-refractivity contribution < 1.29 is 13.2 Å². The Kier molecular flexibility index (Phi) is 8.46. The van der Waals surface area contributed by atoms with Crippen molar-refractivity contribution in [2.75, 3.05) is 28.6 Å². The van der Waals surface area contributed by atoms with Crippen molar-refractivity contribution in [1.29, 1.82) is 0 Å². The Morgan fingerprint density at radius 3 is 2.37 bits per heavy atom. The number of hydrogen-bond acceptors (Lipinski definition) is 4. The van der Waals surface area contributed by atoms with Gasteiger partial charge in [-0.05, 0) is 92.1 Å². The molecular formula is C31H39N3O3S. The summed E-state index contributed by atoms with van der Waals surface area (Å²) in [6.07, 6.45) is 3.74. The van der Waals surface area contributed by atoms with Gasteiger partial charge in [0.05, 0.1) is 24.5 Å². The van der Waals surface area contributed by atoms with E-state index in [0.29, 0.717) is 17.2 Å². The second kappa shape index (κ2) is 11.6. The predicted molar refractivity (Wildman–Crippen MR) is 156 cm³/mol. The molecule has 1 aliphatic rings. The van der Waals surface area contributed by atoms with Gasteiger partial charge in [0.15, 0.2) is 0 Å². The third-order valence-electron chi connectivity index (χ3n) is 7.34. The van der Waals surface area contributed by atoms with Gasteiger partial charge >= 0.3 is 0 Å². The second-order valence-corrected chi connectivity index (χ2v) is 12.6. The van der Waals surface area contributed by atoms with Gasteiger partial charge < -0.3 is 10.2 Å². The second-order valence-electron chi connectivity index (χ2n) is 10.7. The molecule has 7 heteroatoms. The summed E-state index contributed by atoms with van der Waals surface area (Å²) >= 11 is 0. The van der Waals surface area contributed by atoms with E-state index in [9.17, 15) is 13.2 Å². The van der Waals surface area contributed by atoms with Gasteiger partial charge in [-0.3, -0.25) is 9.10 Å². The summed E-state index contributed by atoms with van der Waals surface area (Å²) in [6.45, 7) is 10.5. The van der Waals surface area contributed by atoms with E-state index in [1.165, 1.54) is 29.1 Å². The highest BCUT2D eigenvalue weighted by molar-refractivity contribution is 7.92. The number of hydrogen-bond donors (Lipinski definition) is 1. The average Bonchev–Trinajstić information content (AvgIpc) is 2.88. The topological polar surface area (TPSA) is 69.7 Å². The quantitative estimate of drug-likeness (QED) is 0.386. The lowest BCUT2D eigenvalue weighted by Crippen LogP contribution is -2.34. The molecule has 2 atom stereocenters. The van der Waals surface area contributed by atoms with Crippen molar-refractivity contribution >= 4 is 27.3 Å². The number of piperidine rings is 1. The number of nitrogens with zero attached hydrogens (tertiary/aromatic N) is 2. The van der Waals surface area contributed by atoms with Crippen molar-refractivity contribution in [3.8, 4) is 0 Å². The number of rotatable bonds is 8. The van der Waals surface area contributed by atoms with E-state index in [1.807, 2.05) is 51.1 Å². The molecule has 1 heterocycles. The smallest absolute Gasteiger partial charge is 0.251 e. The lowest BCUT2D eigenvalue weighted by molar-refractivity contribution is 0.0940. The molecule has 0 spiro atoms. The normalized spacial score (nSPS) is 16.7. The van der Waals surface area contributed by atoms with E-state index in [1.54, 1.807) is 12.1 Å². The highest BCUT2D eigenvalue weighted by Gasteiger charge is 2.21.